The van der Waals surface area contributed by atoms with E-state index in [9.17, 15) is 12.8 Å². The maximum atomic E-state index is 13.5. The van der Waals surface area contributed by atoms with Crippen LogP contribution in [0, 0.1) is 12.7 Å². The van der Waals surface area contributed by atoms with Gasteiger partial charge in [-0.05, 0) is 59.9 Å². The number of hydrogen-bond acceptors (Lipinski definition) is 3. The maximum Gasteiger partial charge on any atom is 0.243 e. The number of hydrogen-bond donors (Lipinski definition) is 1. The first-order chi connectivity index (χ1) is 9.87. The van der Waals surface area contributed by atoms with Gasteiger partial charge in [0.05, 0.1) is 9.37 Å². The van der Waals surface area contributed by atoms with Crippen molar-refractivity contribution >= 4 is 38.4 Å². The van der Waals surface area contributed by atoms with Crippen LogP contribution in [0.1, 0.15) is 25.3 Å². The fraction of sp³-hybridized carbons (Fsp3) is 0.571. The van der Waals surface area contributed by atoms with Crippen LogP contribution in [0.25, 0.3) is 0 Å². The van der Waals surface area contributed by atoms with Gasteiger partial charge in [0.25, 0.3) is 0 Å². The average molecular weight is 416 g/mol. The predicted octanol–water partition coefficient (Wildman–Crippen LogP) is 3.08. The molecule has 1 aliphatic rings. The van der Waals surface area contributed by atoms with Gasteiger partial charge in [-0.1, -0.05) is 6.92 Å². The van der Waals surface area contributed by atoms with E-state index in [-0.39, 0.29) is 27.8 Å². The molecule has 1 heterocycles. The molecule has 0 spiro atoms. The van der Waals surface area contributed by atoms with Gasteiger partial charge in [0.1, 0.15) is 5.82 Å². The molecule has 22 heavy (non-hydrogen) atoms. The number of rotatable bonds is 5. The van der Waals surface area contributed by atoms with E-state index in [4.69, 9.17) is 0 Å². The van der Waals surface area contributed by atoms with Crippen molar-refractivity contribution in [2.45, 2.75) is 37.6 Å². The van der Waals surface area contributed by atoms with E-state index in [1.54, 1.807) is 11.2 Å². The summed E-state index contributed by atoms with van der Waals surface area (Å²) in [6.07, 6.45) is 1.55. The summed E-state index contributed by atoms with van der Waals surface area (Å²) in [5.41, 5.74) is 0.433. The maximum absolute atomic E-state index is 13.5. The molecule has 0 amide bonds. The molecule has 0 aliphatic carbocycles. The largest absolute Gasteiger partial charge is 0.315 e. The molecule has 0 saturated carbocycles. The van der Waals surface area contributed by atoms with Crippen molar-refractivity contribution in [1.29, 1.82) is 0 Å². The summed E-state index contributed by atoms with van der Waals surface area (Å²) in [6.45, 7) is 5.55. The van der Waals surface area contributed by atoms with Crippen molar-refractivity contribution in [2.24, 2.45) is 0 Å². The van der Waals surface area contributed by atoms with Gasteiger partial charge in [-0.3, -0.25) is 0 Å². The van der Waals surface area contributed by atoms with Gasteiger partial charge in [0.15, 0.2) is 0 Å². The molecular weight excluding hydrogens is 395 g/mol. The molecule has 1 N–H and O–H groups in total. The summed E-state index contributed by atoms with van der Waals surface area (Å²) in [5, 5.41) is 3.19. The molecule has 126 valence electrons. The summed E-state index contributed by atoms with van der Waals surface area (Å²) in [5.74, 6) is -0.448. The summed E-state index contributed by atoms with van der Waals surface area (Å²) in [6, 6.07) is 2.59. The van der Waals surface area contributed by atoms with Crippen LogP contribution in [0.15, 0.2) is 21.5 Å². The van der Waals surface area contributed by atoms with Crippen LogP contribution in [0.3, 0.4) is 0 Å². The smallest absolute Gasteiger partial charge is 0.243 e. The minimum atomic E-state index is -3.62. The van der Waals surface area contributed by atoms with Crippen LogP contribution in [0.5, 0.6) is 0 Å². The Morgan fingerprint density at radius 3 is 2.68 bits per heavy atom. The van der Waals surface area contributed by atoms with Gasteiger partial charge in [-0.15, -0.1) is 12.4 Å². The number of nitrogens with zero attached hydrogens (tertiary/aromatic N) is 1. The lowest BCUT2D eigenvalue weighted by atomic mass is 10.2. The second kappa shape index (κ2) is 8.06. The molecule has 4 nitrogen and oxygen atoms in total. The predicted molar refractivity (Wildman–Crippen MR) is 91.5 cm³/mol. The molecule has 1 aromatic rings. The highest BCUT2D eigenvalue weighted by Gasteiger charge is 2.33. The van der Waals surface area contributed by atoms with Crippen LogP contribution in [-0.2, 0) is 10.0 Å². The van der Waals surface area contributed by atoms with E-state index in [1.165, 1.54) is 12.1 Å². The van der Waals surface area contributed by atoms with E-state index in [1.807, 2.05) is 6.92 Å². The molecule has 0 radical (unpaired) electrons. The monoisotopic (exact) mass is 414 g/mol. The van der Waals surface area contributed by atoms with Gasteiger partial charge < -0.3 is 5.32 Å². The van der Waals surface area contributed by atoms with E-state index in [2.05, 4.69) is 21.2 Å². The first-order valence-corrected chi connectivity index (χ1v) is 9.29. The van der Waals surface area contributed by atoms with Crippen LogP contribution in [-0.4, -0.2) is 38.4 Å². The fourth-order valence-electron chi connectivity index (χ4n) is 2.64. The highest BCUT2D eigenvalue weighted by atomic mass is 79.9. The van der Waals surface area contributed by atoms with Crippen molar-refractivity contribution in [3.63, 3.8) is 0 Å². The number of halogens is 3. The van der Waals surface area contributed by atoms with E-state index in [0.717, 1.165) is 19.4 Å². The zero-order valence-corrected chi connectivity index (χ0v) is 15.8. The quantitative estimate of drug-likeness (QED) is 0.804. The van der Waals surface area contributed by atoms with Gasteiger partial charge in [-0.2, -0.15) is 4.31 Å². The Morgan fingerprint density at radius 2 is 2.14 bits per heavy atom. The Kier molecular flexibility index (Phi) is 7.26. The second-order valence-corrected chi connectivity index (χ2v) is 8.01. The van der Waals surface area contributed by atoms with Crippen LogP contribution < -0.4 is 5.32 Å². The van der Waals surface area contributed by atoms with Crippen LogP contribution in [0.4, 0.5) is 4.39 Å². The normalized spacial score (nSPS) is 18.5. The summed E-state index contributed by atoms with van der Waals surface area (Å²) >= 11 is 3.07. The first-order valence-electron chi connectivity index (χ1n) is 7.06. The summed E-state index contributed by atoms with van der Waals surface area (Å²) in [4.78, 5) is 0.177. The van der Waals surface area contributed by atoms with Crippen LogP contribution in [0.2, 0.25) is 0 Å². The van der Waals surface area contributed by atoms with Crippen LogP contribution >= 0.6 is 28.3 Å². The van der Waals surface area contributed by atoms with E-state index < -0.39 is 15.8 Å². The molecule has 1 aliphatic heterocycles. The Labute approximate surface area is 146 Å². The minimum absolute atomic E-state index is 0. The van der Waals surface area contributed by atoms with Gasteiger partial charge in [0.2, 0.25) is 10.0 Å². The molecule has 1 aromatic carbocycles. The molecular formula is C14H21BrClFN2O2S. The Morgan fingerprint density at radius 1 is 1.45 bits per heavy atom. The third-order valence-corrected chi connectivity index (χ3v) is 6.39. The van der Waals surface area contributed by atoms with Crippen molar-refractivity contribution in [3.8, 4) is 0 Å². The average Bonchev–Trinajstić information content (AvgIpc) is 2.93. The topological polar surface area (TPSA) is 49.4 Å². The molecule has 1 atom stereocenters. The lowest BCUT2D eigenvalue weighted by Crippen LogP contribution is -2.42. The number of benzene rings is 1. The molecule has 8 heteroatoms. The summed E-state index contributed by atoms with van der Waals surface area (Å²) < 4.78 is 41.2. The van der Waals surface area contributed by atoms with Gasteiger partial charge in [0, 0.05) is 19.1 Å². The summed E-state index contributed by atoms with van der Waals surface area (Å²) in [7, 11) is -3.62. The third kappa shape index (κ3) is 4.00. The SMILES string of the molecule is CCCN(C1CCNC1)S(=O)(=O)c1cc(Br)c(F)cc1C.Cl. The lowest BCUT2D eigenvalue weighted by Gasteiger charge is -2.28. The zero-order valence-electron chi connectivity index (χ0n) is 12.6. The molecule has 1 unspecified atom stereocenters. The highest BCUT2D eigenvalue weighted by molar-refractivity contribution is 9.10. The Bertz CT molecular complexity index is 622. The number of aryl methyl sites for hydroxylation is 1. The van der Waals surface area contributed by atoms with E-state index >= 15 is 0 Å². The zero-order chi connectivity index (χ0) is 15.6. The van der Waals surface area contributed by atoms with Gasteiger partial charge in [-0.25, -0.2) is 12.8 Å². The van der Waals surface area contributed by atoms with Crippen molar-refractivity contribution in [2.75, 3.05) is 19.6 Å². The second-order valence-electron chi connectivity index (χ2n) is 5.29. The van der Waals surface area contributed by atoms with Crippen molar-refractivity contribution in [1.82, 2.24) is 9.62 Å². The standard InChI is InChI=1S/C14H20BrFN2O2S.ClH/c1-3-6-18(11-4-5-17-9-11)21(19,20)14-8-12(15)13(16)7-10(14)2;/h7-8,11,17H,3-6,9H2,1-2H3;1H. The highest BCUT2D eigenvalue weighted by Crippen LogP contribution is 2.28. The van der Waals surface area contributed by atoms with E-state index in [0.29, 0.717) is 18.7 Å². The Balaban J connectivity index is 0.00000242. The van der Waals surface area contributed by atoms with Crippen molar-refractivity contribution < 1.29 is 12.8 Å². The molecule has 0 bridgehead atoms. The molecule has 2 rings (SSSR count). The van der Waals surface area contributed by atoms with Gasteiger partial charge >= 0.3 is 0 Å². The minimum Gasteiger partial charge on any atom is -0.315 e. The first kappa shape index (κ1) is 19.8. The fourth-order valence-corrected chi connectivity index (χ4v) is 5.11. The Hall–Kier alpha value is -0.210. The third-order valence-electron chi connectivity index (χ3n) is 3.69. The number of nitrogens with one attached hydrogen (secondary N) is 1. The number of sulfonamides is 1. The molecule has 1 saturated heterocycles. The lowest BCUT2D eigenvalue weighted by molar-refractivity contribution is 0.335. The molecule has 1 fully saturated rings. The molecule has 0 aromatic heterocycles. The van der Waals surface area contributed by atoms with Crippen molar-refractivity contribution in [3.05, 3.63) is 28.0 Å².